The normalized spacial score (nSPS) is 15.6. The standard InChI is InChI=1S/C23H26ClN5O2/c1-28-11-13-29(14-12-28)23-27-26-22(31-23)20(15-17-5-3-2-4-6-17)25-21(30)16-18-7-9-19(24)10-8-18/h2-10,20H,11-16H2,1H3,(H,25,30)/t20-/m0/s1. The van der Waals surface area contributed by atoms with Gasteiger partial charge in [-0.15, -0.1) is 5.10 Å². The second-order valence-electron chi connectivity index (χ2n) is 7.83. The van der Waals surface area contributed by atoms with E-state index >= 15 is 0 Å². The summed E-state index contributed by atoms with van der Waals surface area (Å²) in [5.74, 6) is 0.310. The molecule has 1 N–H and O–H groups in total. The molecule has 4 rings (SSSR count). The summed E-state index contributed by atoms with van der Waals surface area (Å²) < 4.78 is 6.01. The predicted octanol–water partition coefficient (Wildman–Crippen LogP) is 3.12. The summed E-state index contributed by atoms with van der Waals surface area (Å²) in [5.41, 5.74) is 1.97. The molecular weight excluding hydrogens is 414 g/mol. The quantitative estimate of drug-likeness (QED) is 0.609. The molecule has 1 aromatic heterocycles. The van der Waals surface area contributed by atoms with Crippen molar-refractivity contribution in [2.45, 2.75) is 18.9 Å². The Morgan fingerprint density at radius 2 is 1.74 bits per heavy atom. The number of hydrogen-bond donors (Lipinski definition) is 1. The summed E-state index contributed by atoms with van der Waals surface area (Å²) in [6, 6.07) is 17.3. The Bertz CT molecular complexity index is 985. The number of likely N-dealkylation sites (N-methyl/N-ethyl adjacent to an activating group) is 1. The molecule has 1 amide bonds. The minimum absolute atomic E-state index is 0.109. The highest BCUT2D eigenvalue weighted by atomic mass is 35.5. The molecule has 8 heteroatoms. The van der Waals surface area contributed by atoms with Crippen molar-refractivity contribution in [3.8, 4) is 0 Å². The Kier molecular flexibility index (Phi) is 6.84. The van der Waals surface area contributed by atoms with Gasteiger partial charge in [-0.3, -0.25) is 4.79 Å². The zero-order valence-electron chi connectivity index (χ0n) is 17.5. The third-order valence-corrected chi connectivity index (χ3v) is 5.65. The molecule has 0 radical (unpaired) electrons. The van der Waals surface area contributed by atoms with Gasteiger partial charge >= 0.3 is 6.01 Å². The maximum atomic E-state index is 12.8. The SMILES string of the molecule is CN1CCN(c2nnc([C@H](Cc3ccccc3)NC(=O)Cc3ccc(Cl)cc3)o2)CC1. The fourth-order valence-electron chi connectivity index (χ4n) is 3.58. The summed E-state index contributed by atoms with van der Waals surface area (Å²) in [4.78, 5) is 17.1. The second-order valence-corrected chi connectivity index (χ2v) is 8.26. The van der Waals surface area contributed by atoms with Gasteiger partial charge in [-0.2, -0.15) is 0 Å². The van der Waals surface area contributed by atoms with Crippen LogP contribution < -0.4 is 10.2 Å². The molecule has 2 heterocycles. The molecule has 3 aromatic rings. The minimum atomic E-state index is -0.407. The largest absolute Gasteiger partial charge is 0.406 e. The smallest absolute Gasteiger partial charge is 0.318 e. The molecule has 1 saturated heterocycles. The number of amides is 1. The Morgan fingerprint density at radius 3 is 2.45 bits per heavy atom. The number of piperazine rings is 1. The average Bonchev–Trinajstić information content (AvgIpc) is 3.26. The summed E-state index contributed by atoms with van der Waals surface area (Å²) in [6.45, 7) is 3.57. The molecule has 0 spiro atoms. The van der Waals surface area contributed by atoms with Crippen LogP contribution in [0.1, 0.15) is 23.1 Å². The van der Waals surface area contributed by atoms with E-state index < -0.39 is 6.04 Å². The Morgan fingerprint density at radius 1 is 1.03 bits per heavy atom. The van der Waals surface area contributed by atoms with Crippen molar-refractivity contribution in [2.75, 3.05) is 38.1 Å². The van der Waals surface area contributed by atoms with E-state index in [0.717, 1.165) is 37.3 Å². The molecule has 0 aliphatic carbocycles. The number of rotatable bonds is 7. The van der Waals surface area contributed by atoms with Crippen LogP contribution in [0.4, 0.5) is 6.01 Å². The topological polar surface area (TPSA) is 74.5 Å². The van der Waals surface area contributed by atoms with E-state index in [-0.39, 0.29) is 12.3 Å². The van der Waals surface area contributed by atoms with Crippen LogP contribution >= 0.6 is 11.6 Å². The lowest BCUT2D eigenvalue weighted by Crippen LogP contribution is -2.44. The van der Waals surface area contributed by atoms with E-state index in [1.807, 2.05) is 42.5 Å². The van der Waals surface area contributed by atoms with E-state index in [2.05, 4.69) is 32.4 Å². The third-order valence-electron chi connectivity index (χ3n) is 5.40. The highest BCUT2D eigenvalue weighted by molar-refractivity contribution is 6.30. The van der Waals surface area contributed by atoms with Crippen LogP contribution in [0.15, 0.2) is 59.0 Å². The van der Waals surface area contributed by atoms with Crippen LogP contribution in [0.5, 0.6) is 0 Å². The number of carbonyl (C=O) groups is 1. The van der Waals surface area contributed by atoms with Crippen LogP contribution in [0, 0.1) is 0 Å². The van der Waals surface area contributed by atoms with E-state index in [4.69, 9.17) is 16.0 Å². The highest BCUT2D eigenvalue weighted by Crippen LogP contribution is 2.22. The Hall–Kier alpha value is -2.90. The number of benzene rings is 2. The average molecular weight is 440 g/mol. The van der Waals surface area contributed by atoms with Gasteiger partial charge in [-0.25, -0.2) is 0 Å². The van der Waals surface area contributed by atoms with Gasteiger partial charge in [0.2, 0.25) is 11.8 Å². The number of nitrogens with one attached hydrogen (secondary N) is 1. The minimum Gasteiger partial charge on any atom is -0.406 e. The first-order chi connectivity index (χ1) is 15.1. The first kappa shape index (κ1) is 21.3. The summed E-state index contributed by atoms with van der Waals surface area (Å²) in [5, 5.41) is 12.2. The number of hydrogen-bond acceptors (Lipinski definition) is 6. The van der Waals surface area contributed by atoms with Crippen molar-refractivity contribution in [2.24, 2.45) is 0 Å². The van der Waals surface area contributed by atoms with Crippen molar-refractivity contribution < 1.29 is 9.21 Å². The summed E-state index contributed by atoms with van der Waals surface area (Å²) >= 11 is 5.94. The highest BCUT2D eigenvalue weighted by Gasteiger charge is 2.25. The van der Waals surface area contributed by atoms with Gasteiger partial charge in [0.15, 0.2) is 0 Å². The first-order valence-corrected chi connectivity index (χ1v) is 10.8. The number of nitrogens with zero attached hydrogens (tertiary/aromatic N) is 4. The van der Waals surface area contributed by atoms with E-state index in [1.54, 1.807) is 12.1 Å². The van der Waals surface area contributed by atoms with Crippen molar-refractivity contribution in [3.63, 3.8) is 0 Å². The molecule has 0 saturated carbocycles. The second kappa shape index (κ2) is 9.94. The van der Waals surface area contributed by atoms with Crippen molar-refractivity contribution in [3.05, 3.63) is 76.6 Å². The van der Waals surface area contributed by atoms with Gasteiger partial charge in [0.05, 0.1) is 6.42 Å². The predicted molar refractivity (Wildman–Crippen MR) is 120 cm³/mol. The molecule has 1 aliphatic heterocycles. The van der Waals surface area contributed by atoms with Gasteiger partial charge in [-0.05, 0) is 30.3 Å². The lowest BCUT2D eigenvalue weighted by molar-refractivity contribution is -0.121. The maximum absolute atomic E-state index is 12.8. The Balaban J connectivity index is 1.49. The number of halogens is 1. The van der Waals surface area contributed by atoms with Crippen molar-refractivity contribution >= 4 is 23.5 Å². The van der Waals surface area contributed by atoms with Gasteiger partial charge in [-0.1, -0.05) is 59.2 Å². The molecular formula is C23H26ClN5O2. The molecule has 1 fully saturated rings. The van der Waals surface area contributed by atoms with Gasteiger partial charge < -0.3 is 19.5 Å². The zero-order valence-corrected chi connectivity index (χ0v) is 18.3. The summed E-state index contributed by atoms with van der Waals surface area (Å²) in [6.07, 6.45) is 0.819. The van der Waals surface area contributed by atoms with Crippen LogP contribution in [-0.4, -0.2) is 54.2 Å². The fourth-order valence-corrected chi connectivity index (χ4v) is 3.70. The van der Waals surface area contributed by atoms with E-state index in [1.165, 1.54) is 0 Å². The molecule has 31 heavy (non-hydrogen) atoms. The lowest BCUT2D eigenvalue weighted by Gasteiger charge is -2.30. The maximum Gasteiger partial charge on any atom is 0.318 e. The molecule has 0 unspecified atom stereocenters. The van der Waals surface area contributed by atoms with E-state index in [9.17, 15) is 4.79 Å². The molecule has 7 nitrogen and oxygen atoms in total. The molecule has 1 atom stereocenters. The molecule has 2 aromatic carbocycles. The fraction of sp³-hybridized carbons (Fsp3) is 0.348. The zero-order chi connectivity index (χ0) is 21.6. The number of aromatic nitrogens is 2. The third kappa shape index (κ3) is 5.83. The molecule has 0 bridgehead atoms. The van der Waals surface area contributed by atoms with Crippen LogP contribution in [0.3, 0.4) is 0 Å². The van der Waals surface area contributed by atoms with Crippen molar-refractivity contribution in [1.29, 1.82) is 0 Å². The van der Waals surface area contributed by atoms with Gasteiger partial charge in [0, 0.05) is 37.6 Å². The molecule has 162 valence electrons. The molecule has 1 aliphatic rings. The van der Waals surface area contributed by atoms with Crippen molar-refractivity contribution in [1.82, 2.24) is 20.4 Å². The van der Waals surface area contributed by atoms with Gasteiger partial charge in [0.1, 0.15) is 6.04 Å². The van der Waals surface area contributed by atoms with Crippen LogP contribution in [0.25, 0.3) is 0 Å². The number of carbonyl (C=O) groups excluding carboxylic acids is 1. The Labute approximate surface area is 187 Å². The lowest BCUT2D eigenvalue weighted by atomic mass is 10.1. The number of anilines is 1. The van der Waals surface area contributed by atoms with Crippen LogP contribution in [-0.2, 0) is 17.6 Å². The van der Waals surface area contributed by atoms with E-state index in [0.29, 0.717) is 23.3 Å². The summed E-state index contributed by atoms with van der Waals surface area (Å²) in [7, 11) is 2.10. The first-order valence-electron chi connectivity index (χ1n) is 10.4. The van der Waals surface area contributed by atoms with Crippen LogP contribution in [0.2, 0.25) is 5.02 Å². The monoisotopic (exact) mass is 439 g/mol. The van der Waals surface area contributed by atoms with Gasteiger partial charge in [0.25, 0.3) is 0 Å².